The number of nitrogens with zero attached hydrogens (tertiary/aromatic N) is 1. The van der Waals surface area contributed by atoms with Crippen molar-refractivity contribution >= 4 is 17.7 Å². The van der Waals surface area contributed by atoms with Crippen LogP contribution in [0.15, 0.2) is 42.5 Å². The van der Waals surface area contributed by atoms with Gasteiger partial charge in [0.15, 0.2) is 17.3 Å². The van der Waals surface area contributed by atoms with E-state index in [4.69, 9.17) is 14.2 Å². The lowest BCUT2D eigenvalue weighted by molar-refractivity contribution is -0.130. The number of para-hydroxylation sites is 1. The first kappa shape index (κ1) is 21.2. The summed E-state index contributed by atoms with van der Waals surface area (Å²) < 4.78 is 15.7. The van der Waals surface area contributed by atoms with Gasteiger partial charge in [0.05, 0.1) is 27.9 Å². The number of nitrogens with one attached hydrogen (secondary N) is 1. The van der Waals surface area contributed by atoms with Crippen molar-refractivity contribution in [2.24, 2.45) is 0 Å². The van der Waals surface area contributed by atoms with E-state index in [1.165, 1.54) is 20.3 Å². The Labute approximate surface area is 174 Å². The molecule has 0 aliphatic carbocycles. The van der Waals surface area contributed by atoms with E-state index in [0.29, 0.717) is 22.8 Å². The molecule has 0 bridgehead atoms. The molecule has 30 heavy (non-hydrogen) atoms. The summed E-state index contributed by atoms with van der Waals surface area (Å²) in [6, 6.07) is 11.4. The summed E-state index contributed by atoms with van der Waals surface area (Å²) in [4.78, 5) is 39.2. The monoisotopic (exact) mass is 412 g/mol. The van der Waals surface area contributed by atoms with Crippen LogP contribution in [0.25, 0.3) is 0 Å². The third-order valence-electron chi connectivity index (χ3n) is 5.09. The lowest BCUT2D eigenvalue weighted by atomic mass is 9.92. The Morgan fingerprint density at radius 1 is 0.967 bits per heavy atom. The highest BCUT2D eigenvalue weighted by Gasteiger charge is 2.48. The second kappa shape index (κ2) is 8.44. The quantitative estimate of drug-likeness (QED) is 0.529. The zero-order chi connectivity index (χ0) is 21.9. The number of hydrogen-bond acceptors (Lipinski definition) is 6. The Balaban J connectivity index is 1.78. The maximum atomic E-state index is 13.0. The van der Waals surface area contributed by atoms with E-state index in [9.17, 15) is 14.4 Å². The first-order chi connectivity index (χ1) is 14.3. The van der Waals surface area contributed by atoms with E-state index < -0.39 is 17.5 Å². The summed E-state index contributed by atoms with van der Waals surface area (Å²) in [6.45, 7) is 1.27. The van der Waals surface area contributed by atoms with Crippen LogP contribution in [-0.4, -0.2) is 56.0 Å². The highest BCUT2D eigenvalue weighted by molar-refractivity contribution is 6.11. The number of ketones is 1. The molecule has 0 spiro atoms. The van der Waals surface area contributed by atoms with Crippen molar-refractivity contribution in [2.75, 3.05) is 27.9 Å². The van der Waals surface area contributed by atoms with Gasteiger partial charge in [-0.15, -0.1) is 0 Å². The topological polar surface area (TPSA) is 94.2 Å². The number of ether oxygens (including phenoxy) is 3. The van der Waals surface area contributed by atoms with Gasteiger partial charge in [-0.25, -0.2) is 4.79 Å². The number of carbonyl (C=O) groups excluding carboxylic acids is 3. The standard InChI is InChI=1S/C22H24N2O6/c1-22(12-15-7-5-6-8-17(15)28-2)20(26)24(21(27)23-22)13-16(25)14-9-10-18(29-3)19(11-14)30-4/h5-11H,12-13H2,1-4H3,(H,23,27)/t22-/m0/s1. The van der Waals surface area contributed by atoms with Crippen molar-refractivity contribution in [3.05, 3.63) is 53.6 Å². The van der Waals surface area contributed by atoms with Gasteiger partial charge in [0, 0.05) is 12.0 Å². The molecule has 1 heterocycles. The molecular weight excluding hydrogens is 388 g/mol. The van der Waals surface area contributed by atoms with Crippen LogP contribution in [0.4, 0.5) is 4.79 Å². The van der Waals surface area contributed by atoms with Crippen molar-refractivity contribution in [3.63, 3.8) is 0 Å². The van der Waals surface area contributed by atoms with Crippen LogP contribution in [0.3, 0.4) is 0 Å². The second-order valence-electron chi connectivity index (χ2n) is 7.14. The van der Waals surface area contributed by atoms with Gasteiger partial charge in [-0.05, 0) is 36.8 Å². The zero-order valence-electron chi connectivity index (χ0n) is 17.4. The Kier molecular flexibility index (Phi) is 5.96. The van der Waals surface area contributed by atoms with Gasteiger partial charge in [-0.1, -0.05) is 18.2 Å². The Hall–Kier alpha value is -3.55. The molecule has 2 aromatic carbocycles. The van der Waals surface area contributed by atoms with Crippen molar-refractivity contribution in [1.82, 2.24) is 10.2 Å². The van der Waals surface area contributed by atoms with E-state index in [1.54, 1.807) is 32.2 Å². The molecule has 1 aliphatic rings. The van der Waals surface area contributed by atoms with E-state index in [0.717, 1.165) is 10.5 Å². The number of urea groups is 1. The van der Waals surface area contributed by atoms with Gasteiger partial charge in [-0.2, -0.15) is 0 Å². The molecule has 1 N–H and O–H groups in total. The normalized spacial score (nSPS) is 18.2. The summed E-state index contributed by atoms with van der Waals surface area (Å²) in [6.07, 6.45) is 0.239. The van der Waals surface area contributed by atoms with Gasteiger partial charge >= 0.3 is 6.03 Å². The highest BCUT2D eigenvalue weighted by Crippen LogP contribution is 2.29. The van der Waals surface area contributed by atoms with Crippen LogP contribution in [0.2, 0.25) is 0 Å². The predicted molar refractivity (Wildman–Crippen MR) is 109 cm³/mol. The third kappa shape index (κ3) is 3.94. The molecule has 3 rings (SSSR count). The van der Waals surface area contributed by atoms with E-state index in [1.807, 2.05) is 18.2 Å². The minimum absolute atomic E-state index is 0.239. The number of methoxy groups -OCH3 is 3. The molecule has 2 aromatic rings. The van der Waals surface area contributed by atoms with Gasteiger partial charge in [0.1, 0.15) is 11.3 Å². The van der Waals surface area contributed by atoms with Gasteiger partial charge in [-0.3, -0.25) is 14.5 Å². The number of carbonyl (C=O) groups is 3. The maximum Gasteiger partial charge on any atom is 0.325 e. The van der Waals surface area contributed by atoms with Crippen molar-refractivity contribution in [3.8, 4) is 17.2 Å². The molecule has 3 amide bonds. The minimum Gasteiger partial charge on any atom is -0.496 e. The van der Waals surface area contributed by atoms with Crippen molar-refractivity contribution in [2.45, 2.75) is 18.9 Å². The number of benzene rings is 2. The van der Waals surface area contributed by atoms with E-state index in [-0.39, 0.29) is 18.7 Å². The number of Topliss-reactive ketones (excluding diaryl/α,β-unsaturated/α-hetero) is 1. The van der Waals surface area contributed by atoms with Gasteiger partial charge in [0.2, 0.25) is 0 Å². The molecule has 8 nitrogen and oxygen atoms in total. The highest BCUT2D eigenvalue weighted by atomic mass is 16.5. The number of rotatable bonds is 8. The van der Waals surface area contributed by atoms with E-state index in [2.05, 4.69) is 5.32 Å². The lowest BCUT2D eigenvalue weighted by Gasteiger charge is -2.22. The second-order valence-corrected chi connectivity index (χ2v) is 7.14. The van der Waals surface area contributed by atoms with Crippen LogP contribution in [-0.2, 0) is 11.2 Å². The molecule has 1 saturated heterocycles. The van der Waals surface area contributed by atoms with Crippen LogP contribution in [0.1, 0.15) is 22.8 Å². The zero-order valence-corrected chi connectivity index (χ0v) is 17.4. The SMILES string of the molecule is COc1ccccc1C[C@]1(C)NC(=O)N(CC(=O)c2ccc(OC)c(OC)c2)C1=O. The fraction of sp³-hybridized carbons (Fsp3) is 0.318. The summed E-state index contributed by atoms with van der Waals surface area (Å²) in [7, 11) is 4.51. The first-order valence-corrected chi connectivity index (χ1v) is 9.34. The van der Waals surface area contributed by atoms with Crippen molar-refractivity contribution in [1.29, 1.82) is 0 Å². The Morgan fingerprint density at radius 2 is 1.63 bits per heavy atom. The molecule has 1 fully saturated rings. The molecule has 1 atom stereocenters. The van der Waals surface area contributed by atoms with Gasteiger partial charge < -0.3 is 19.5 Å². The molecule has 158 valence electrons. The lowest BCUT2D eigenvalue weighted by Crippen LogP contribution is -2.46. The third-order valence-corrected chi connectivity index (χ3v) is 5.09. The van der Waals surface area contributed by atoms with Crippen molar-refractivity contribution < 1.29 is 28.6 Å². The number of imide groups is 1. The first-order valence-electron chi connectivity index (χ1n) is 9.34. The average molecular weight is 412 g/mol. The molecule has 0 radical (unpaired) electrons. The average Bonchev–Trinajstić information content (AvgIpc) is 2.96. The largest absolute Gasteiger partial charge is 0.496 e. The van der Waals surface area contributed by atoms with Crippen LogP contribution in [0, 0.1) is 0 Å². The molecular formula is C22H24N2O6. The fourth-order valence-corrected chi connectivity index (χ4v) is 3.48. The molecule has 0 aromatic heterocycles. The molecule has 1 aliphatic heterocycles. The summed E-state index contributed by atoms with van der Waals surface area (Å²) >= 11 is 0. The summed E-state index contributed by atoms with van der Waals surface area (Å²) in [5, 5.41) is 2.71. The number of hydrogen-bond donors (Lipinski definition) is 1. The van der Waals surface area contributed by atoms with Crippen LogP contribution >= 0.6 is 0 Å². The van der Waals surface area contributed by atoms with Crippen LogP contribution in [0.5, 0.6) is 17.2 Å². The Bertz CT molecular complexity index is 989. The smallest absolute Gasteiger partial charge is 0.325 e. The van der Waals surface area contributed by atoms with Crippen LogP contribution < -0.4 is 19.5 Å². The summed E-state index contributed by atoms with van der Waals surface area (Å²) in [5.74, 6) is 0.642. The summed E-state index contributed by atoms with van der Waals surface area (Å²) in [5.41, 5.74) is -0.0837. The molecule has 8 heteroatoms. The number of amides is 3. The maximum absolute atomic E-state index is 13.0. The minimum atomic E-state index is -1.18. The fourth-order valence-electron chi connectivity index (χ4n) is 3.48. The van der Waals surface area contributed by atoms with Gasteiger partial charge in [0.25, 0.3) is 5.91 Å². The molecule has 0 unspecified atom stereocenters. The molecule has 0 saturated carbocycles. The van der Waals surface area contributed by atoms with E-state index >= 15 is 0 Å². The Morgan fingerprint density at radius 3 is 2.30 bits per heavy atom. The predicted octanol–water partition coefficient (Wildman–Crippen LogP) is 2.45.